The Morgan fingerprint density at radius 3 is 2.00 bits per heavy atom. The molecule has 0 bridgehead atoms. The highest BCUT2D eigenvalue weighted by Gasteiger charge is 2.19. The van der Waals surface area contributed by atoms with Crippen LogP contribution in [0.15, 0.2) is 91.8 Å². The molecule has 3 aromatic carbocycles. The van der Waals surface area contributed by atoms with Gasteiger partial charge in [0.25, 0.3) is 0 Å². The zero-order valence-electron chi connectivity index (χ0n) is 18.6. The summed E-state index contributed by atoms with van der Waals surface area (Å²) in [4.78, 5) is 0. The van der Waals surface area contributed by atoms with Crippen LogP contribution in [0.4, 0.5) is 0 Å². The van der Waals surface area contributed by atoms with Crippen molar-refractivity contribution < 1.29 is 8.83 Å². The van der Waals surface area contributed by atoms with E-state index in [0.717, 1.165) is 61.2 Å². The Labute approximate surface area is 186 Å². The van der Waals surface area contributed by atoms with Crippen LogP contribution in [0, 0.1) is 13.8 Å². The Balaban J connectivity index is 1.92. The van der Waals surface area contributed by atoms with Gasteiger partial charge in [0.05, 0.1) is 0 Å². The molecule has 158 valence electrons. The van der Waals surface area contributed by atoms with Crippen LogP contribution in [0.25, 0.3) is 44.2 Å². The molecule has 0 fully saturated rings. The number of benzene rings is 3. The summed E-state index contributed by atoms with van der Waals surface area (Å²) >= 11 is 0. The molecule has 4 heteroatoms. The molecule has 0 aliphatic heterocycles. The molecule has 0 unspecified atom stereocenters. The molecular weight excluding hydrogens is 396 g/mol. The molecule has 0 N–H and O–H groups in total. The second-order valence-corrected chi connectivity index (χ2v) is 8.17. The predicted octanol–water partition coefficient (Wildman–Crippen LogP) is 7.43. The summed E-state index contributed by atoms with van der Waals surface area (Å²) in [6.45, 7) is 7.88. The van der Waals surface area contributed by atoms with E-state index in [0.29, 0.717) is 5.55 Å². The molecular formula is C28H24N2O2. The van der Waals surface area contributed by atoms with E-state index in [1.165, 1.54) is 0 Å². The van der Waals surface area contributed by atoms with Crippen molar-refractivity contribution in [2.75, 3.05) is 0 Å². The monoisotopic (exact) mass is 420 g/mol. The van der Waals surface area contributed by atoms with Gasteiger partial charge in [-0.15, -0.1) is 5.10 Å². The van der Waals surface area contributed by atoms with E-state index >= 15 is 0 Å². The molecule has 4 nitrogen and oxygen atoms in total. The lowest BCUT2D eigenvalue weighted by atomic mass is 9.96. The van der Waals surface area contributed by atoms with Crippen molar-refractivity contribution in [3.05, 3.63) is 89.7 Å². The highest BCUT2D eigenvalue weighted by molar-refractivity contribution is 6.08. The summed E-state index contributed by atoms with van der Waals surface area (Å²) < 4.78 is 12.5. The average Bonchev–Trinajstić information content (AvgIpc) is 3.15. The van der Waals surface area contributed by atoms with E-state index in [1.54, 1.807) is 0 Å². The van der Waals surface area contributed by atoms with Gasteiger partial charge in [0.15, 0.2) is 0 Å². The highest BCUT2D eigenvalue weighted by Crippen LogP contribution is 2.40. The second-order valence-electron chi connectivity index (χ2n) is 8.17. The fourth-order valence-electron chi connectivity index (χ4n) is 4.18. The summed E-state index contributed by atoms with van der Waals surface area (Å²) in [7, 11) is 0. The third kappa shape index (κ3) is 3.44. The lowest BCUT2D eigenvalue weighted by Crippen LogP contribution is -2.02. The normalized spacial score (nSPS) is 11.9. The summed E-state index contributed by atoms with van der Waals surface area (Å²) in [6, 6.07) is 24.8. The molecule has 0 amide bonds. The molecule has 5 rings (SSSR count). The smallest absolute Gasteiger partial charge is 0.239 e. The van der Waals surface area contributed by atoms with Crippen molar-refractivity contribution in [3.63, 3.8) is 0 Å². The first-order chi connectivity index (χ1) is 15.5. The minimum Gasteiger partial charge on any atom is -0.460 e. The molecule has 0 aliphatic carbocycles. The Hall–Kier alpha value is -3.92. The van der Waals surface area contributed by atoms with Crippen molar-refractivity contribution in [2.45, 2.75) is 27.7 Å². The first kappa shape index (κ1) is 20.0. The maximum absolute atomic E-state index is 6.26. The zero-order chi connectivity index (χ0) is 22.2. The number of aryl methyl sites for hydroxylation is 2. The Morgan fingerprint density at radius 2 is 1.34 bits per heavy atom. The van der Waals surface area contributed by atoms with Gasteiger partial charge in [-0.3, -0.25) is 0 Å². The molecule has 0 aliphatic rings. The SMILES string of the molecule is CC(C)=NN=c1cc(-c2ccccc2)c2cc3c(-c4ccccc4)c(C)oc3c(C)c2o1. The summed E-state index contributed by atoms with van der Waals surface area (Å²) in [5.74, 6) is 0.891. The maximum Gasteiger partial charge on any atom is 0.239 e. The number of hydrogen-bond acceptors (Lipinski definition) is 4. The third-order valence-electron chi connectivity index (χ3n) is 5.60. The van der Waals surface area contributed by atoms with Gasteiger partial charge in [-0.05, 0) is 50.5 Å². The van der Waals surface area contributed by atoms with Gasteiger partial charge in [-0.25, -0.2) is 0 Å². The van der Waals surface area contributed by atoms with Crippen LogP contribution in [-0.2, 0) is 0 Å². The lowest BCUT2D eigenvalue weighted by Gasteiger charge is -2.09. The minimum absolute atomic E-state index is 0.464. The van der Waals surface area contributed by atoms with Crippen LogP contribution in [0.3, 0.4) is 0 Å². The molecule has 0 radical (unpaired) electrons. The molecule has 0 spiro atoms. The summed E-state index contributed by atoms with van der Waals surface area (Å²) in [5, 5.41) is 10.6. The van der Waals surface area contributed by atoms with E-state index in [2.05, 4.69) is 52.7 Å². The molecule has 2 aromatic heterocycles. The Kier molecular flexibility index (Phi) is 4.98. The molecule has 0 saturated heterocycles. The number of fused-ring (bicyclic) bond motifs is 2. The molecule has 2 heterocycles. The molecule has 5 aromatic rings. The van der Waals surface area contributed by atoms with Gasteiger partial charge < -0.3 is 8.83 Å². The Bertz CT molecular complexity index is 1540. The third-order valence-corrected chi connectivity index (χ3v) is 5.60. The zero-order valence-corrected chi connectivity index (χ0v) is 18.6. The van der Waals surface area contributed by atoms with E-state index < -0.39 is 0 Å². The second kappa shape index (κ2) is 7.97. The van der Waals surface area contributed by atoms with E-state index in [4.69, 9.17) is 8.83 Å². The fraction of sp³-hybridized carbons (Fsp3) is 0.143. The van der Waals surface area contributed by atoms with E-state index in [9.17, 15) is 0 Å². The van der Waals surface area contributed by atoms with Crippen molar-refractivity contribution in [3.8, 4) is 22.3 Å². The van der Waals surface area contributed by atoms with Crippen LogP contribution in [0.5, 0.6) is 0 Å². The number of furan rings is 1. The quantitative estimate of drug-likeness (QED) is 0.225. The van der Waals surface area contributed by atoms with Gasteiger partial charge in [0, 0.05) is 33.7 Å². The van der Waals surface area contributed by atoms with Crippen LogP contribution in [0.1, 0.15) is 25.2 Å². The highest BCUT2D eigenvalue weighted by atomic mass is 16.3. The molecule has 0 atom stereocenters. The van der Waals surface area contributed by atoms with Gasteiger partial charge >= 0.3 is 0 Å². The van der Waals surface area contributed by atoms with Gasteiger partial charge in [0.1, 0.15) is 16.9 Å². The number of hydrogen-bond donors (Lipinski definition) is 0. The van der Waals surface area contributed by atoms with Gasteiger partial charge in [0.2, 0.25) is 5.55 Å². The van der Waals surface area contributed by atoms with Crippen molar-refractivity contribution in [2.24, 2.45) is 10.2 Å². The Morgan fingerprint density at radius 1 is 0.719 bits per heavy atom. The van der Waals surface area contributed by atoms with Gasteiger partial charge in [-0.1, -0.05) is 60.7 Å². The first-order valence-corrected chi connectivity index (χ1v) is 10.7. The number of rotatable bonds is 3. The minimum atomic E-state index is 0.464. The van der Waals surface area contributed by atoms with Crippen molar-refractivity contribution >= 4 is 27.7 Å². The fourth-order valence-corrected chi connectivity index (χ4v) is 4.18. The largest absolute Gasteiger partial charge is 0.460 e. The van der Waals surface area contributed by atoms with Crippen molar-refractivity contribution in [1.82, 2.24) is 0 Å². The first-order valence-electron chi connectivity index (χ1n) is 10.7. The van der Waals surface area contributed by atoms with Crippen LogP contribution >= 0.6 is 0 Å². The van der Waals surface area contributed by atoms with Crippen LogP contribution in [-0.4, -0.2) is 5.71 Å². The van der Waals surface area contributed by atoms with E-state index in [-0.39, 0.29) is 0 Å². The van der Waals surface area contributed by atoms with E-state index in [1.807, 2.05) is 58.0 Å². The van der Waals surface area contributed by atoms with Gasteiger partial charge in [-0.2, -0.15) is 5.10 Å². The molecule has 32 heavy (non-hydrogen) atoms. The van der Waals surface area contributed by atoms with Crippen LogP contribution in [0.2, 0.25) is 0 Å². The summed E-state index contributed by atoms with van der Waals surface area (Å²) in [5.41, 5.74) is 8.28. The molecule has 0 saturated carbocycles. The van der Waals surface area contributed by atoms with Crippen molar-refractivity contribution in [1.29, 1.82) is 0 Å². The lowest BCUT2D eigenvalue weighted by molar-refractivity contribution is 0.533. The standard InChI is InChI=1S/C28H24N2O2/c1-17(2)29-30-25-16-22(20-11-7-5-8-12-20)23-15-24-26(21-13-9-6-10-14-21)19(4)31-28(24)18(3)27(23)32-25/h5-16H,1-4H3. The predicted molar refractivity (Wildman–Crippen MR) is 131 cm³/mol. The number of nitrogens with zero attached hydrogens (tertiary/aromatic N) is 2. The summed E-state index contributed by atoms with van der Waals surface area (Å²) in [6.07, 6.45) is 0. The maximum atomic E-state index is 6.26. The average molecular weight is 421 g/mol. The van der Waals surface area contributed by atoms with Crippen LogP contribution < -0.4 is 5.55 Å². The topological polar surface area (TPSA) is 51.0 Å².